The Balaban J connectivity index is 1.52. The Kier molecular flexibility index (Phi) is 6.08. The van der Waals surface area contributed by atoms with Crippen LogP contribution in [0.3, 0.4) is 0 Å². The van der Waals surface area contributed by atoms with Gasteiger partial charge in [-0.1, -0.05) is 6.07 Å². The van der Waals surface area contributed by atoms with Crippen LogP contribution in [0.2, 0.25) is 0 Å². The van der Waals surface area contributed by atoms with Gasteiger partial charge in [-0.3, -0.25) is 9.69 Å². The summed E-state index contributed by atoms with van der Waals surface area (Å²) in [4.78, 5) is 18.5. The summed E-state index contributed by atoms with van der Waals surface area (Å²) < 4.78 is 32.5. The molecule has 1 aromatic heterocycles. The zero-order chi connectivity index (χ0) is 18.4. The number of pyridine rings is 1. The quantitative estimate of drug-likeness (QED) is 0.826. The van der Waals surface area contributed by atoms with Gasteiger partial charge in [0.05, 0.1) is 25.1 Å². The molecule has 1 fully saturated rings. The summed E-state index contributed by atoms with van der Waals surface area (Å²) in [5.41, 5.74) is 0.366. The highest BCUT2D eigenvalue weighted by Gasteiger charge is 2.14. The smallest absolute Gasteiger partial charge is 0.274 e. The molecule has 3 rings (SSSR count). The van der Waals surface area contributed by atoms with Gasteiger partial charge in [-0.15, -0.1) is 0 Å². The lowest BCUT2D eigenvalue weighted by Gasteiger charge is -2.26. The van der Waals surface area contributed by atoms with Gasteiger partial charge in [0.2, 0.25) is 0 Å². The first-order valence-corrected chi connectivity index (χ1v) is 8.39. The van der Waals surface area contributed by atoms with Crippen LogP contribution < -0.4 is 10.6 Å². The zero-order valence-electron chi connectivity index (χ0n) is 14.2. The van der Waals surface area contributed by atoms with E-state index >= 15 is 0 Å². The van der Waals surface area contributed by atoms with Gasteiger partial charge < -0.3 is 15.4 Å². The number of carbonyl (C=O) groups is 1. The van der Waals surface area contributed by atoms with E-state index in [1.165, 1.54) is 18.3 Å². The molecule has 1 aliphatic heterocycles. The average molecular weight is 362 g/mol. The van der Waals surface area contributed by atoms with Gasteiger partial charge in [-0.25, -0.2) is 13.8 Å². The fourth-order valence-corrected chi connectivity index (χ4v) is 2.61. The van der Waals surface area contributed by atoms with E-state index in [1.54, 1.807) is 6.07 Å². The first-order valence-electron chi connectivity index (χ1n) is 8.39. The Morgan fingerprint density at radius 3 is 2.54 bits per heavy atom. The van der Waals surface area contributed by atoms with Crippen LogP contribution in [0.4, 0.5) is 20.2 Å². The second-order valence-electron chi connectivity index (χ2n) is 5.86. The number of para-hydroxylation sites is 1. The van der Waals surface area contributed by atoms with Crippen molar-refractivity contribution < 1.29 is 18.3 Å². The molecular weight excluding hydrogens is 342 g/mol. The van der Waals surface area contributed by atoms with Crippen molar-refractivity contribution in [1.29, 1.82) is 0 Å². The summed E-state index contributed by atoms with van der Waals surface area (Å²) in [6.45, 7) is 4.99. The SMILES string of the molecule is O=C(Nc1c(F)cccc1F)c1ccc(NCCN2CCOCC2)cn1. The highest BCUT2D eigenvalue weighted by Crippen LogP contribution is 2.19. The fraction of sp³-hybridized carbons (Fsp3) is 0.333. The summed E-state index contributed by atoms with van der Waals surface area (Å²) in [6.07, 6.45) is 1.52. The maximum absolute atomic E-state index is 13.6. The summed E-state index contributed by atoms with van der Waals surface area (Å²) in [5, 5.41) is 5.44. The second-order valence-corrected chi connectivity index (χ2v) is 5.86. The number of carbonyl (C=O) groups excluding carboxylic acids is 1. The molecule has 1 aromatic carbocycles. The molecule has 0 bridgehead atoms. The Bertz CT molecular complexity index is 729. The van der Waals surface area contributed by atoms with Crippen molar-refractivity contribution in [2.45, 2.75) is 0 Å². The number of amides is 1. The topological polar surface area (TPSA) is 66.5 Å². The number of rotatable bonds is 6. The van der Waals surface area contributed by atoms with E-state index in [2.05, 4.69) is 20.5 Å². The molecule has 6 nitrogen and oxygen atoms in total. The Hall–Kier alpha value is -2.58. The second kappa shape index (κ2) is 8.68. The number of nitrogens with one attached hydrogen (secondary N) is 2. The molecule has 26 heavy (non-hydrogen) atoms. The number of anilines is 2. The van der Waals surface area contributed by atoms with E-state index in [0.29, 0.717) is 0 Å². The number of hydrogen-bond donors (Lipinski definition) is 2. The lowest BCUT2D eigenvalue weighted by Crippen LogP contribution is -2.39. The van der Waals surface area contributed by atoms with Crippen LogP contribution in [0.1, 0.15) is 10.5 Å². The monoisotopic (exact) mass is 362 g/mol. The van der Waals surface area contributed by atoms with Crippen molar-refractivity contribution >= 4 is 17.3 Å². The van der Waals surface area contributed by atoms with E-state index in [-0.39, 0.29) is 5.69 Å². The lowest BCUT2D eigenvalue weighted by molar-refractivity contribution is 0.0398. The summed E-state index contributed by atoms with van der Waals surface area (Å²) in [6, 6.07) is 6.60. The van der Waals surface area contributed by atoms with Gasteiger partial charge in [0, 0.05) is 26.2 Å². The normalized spacial score (nSPS) is 14.8. The number of aromatic nitrogens is 1. The minimum atomic E-state index is -0.834. The van der Waals surface area contributed by atoms with Crippen LogP contribution in [0, 0.1) is 11.6 Å². The molecular formula is C18H20F2N4O2. The number of benzene rings is 1. The first kappa shape index (κ1) is 18.2. The highest BCUT2D eigenvalue weighted by atomic mass is 19.1. The number of halogens is 2. The number of morpholine rings is 1. The molecule has 1 aliphatic rings. The Morgan fingerprint density at radius 2 is 1.88 bits per heavy atom. The largest absolute Gasteiger partial charge is 0.383 e. The molecule has 0 spiro atoms. The predicted octanol–water partition coefficient (Wildman–Crippen LogP) is 2.36. The van der Waals surface area contributed by atoms with Gasteiger partial charge in [-0.05, 0) is 24.3 Å². The van der Waals surface area contributed by atoms with Crippen LogP contribution in [-0.2, 0) is 4.74 Å². The van der Waals surface area contributed by atoms with Crippen LogP contribution >= 0.6 is 0 Å². The van der Waals surface area contributed by atoms with Crippen molar-refractivity contribution in [3.8, 4) is 0 Å². The van der Waals surface area contributed by atoms with Gasteiger partial charge in [-0.2, -0.15) is 0 Å². The predicted molar refractivity (Wildman–Crippen MR) is 94.3 cm³/mol. The van der Waals surface area contributed by atoms with Crippen LogP contribution in [0.25, 0.3) is 0 Å². The molecule has 0 unspecified atom stereocenters. The van der Waals surface area contributed by atoms with Crippen molar-refractivity contribution in [2.24, 2.45) is 0 Å². The van der Waals surface area contributed by atoms with Crippen molar-refractivity contribution in [3.05, 3.63) is 53.9 Å². The van der Waals surface area contributed by atoms with Crippen LogP contribution in [-0.4, -0.2) is 55.2 Å². The Morgan fingerprint density at radius 1 is 1.15 bits per heavy atom. The molecule has 138 valence electrons. The molecule has 1 saturated heterocycles. The minimum absolute atomic E-state index is 0.0754. The number of hydrogen-bond acceptors (Lipinski definition) is 5. The molecule has 8 heteroatoms. The van der Waals surface area contributed by atoms with E-state index in [9.17, 15) is 13.6 Å². The van der Waals surface area contributed by atoms with Gasteiger partial charge in [0.25, 0.3) is 5.91 Å². The molecule has 0 aliphatic carbocycles. The average Bonchev–Trinajstić information content (AvgIpc) is 2.66. The molecule has 2 N–H and O–H groups in total. The van der Waals surface area contributed by atoms with Crippen molar-refractivity contribution in [1.82, 2.24) is 9.88 Å². The fourth-order valence-electron chi connectivity index (χ4n) is 2.61. The molecule has 1 amide bonds. The van der Waals surface area contributed by atoms with E-state index in [0.717, 1.165) is 57.2 Å². The molecule has 2 aromatic rings. The van der Waals surface area contributed by atoms with Crippen LogP contribution in [0.15, 0.2) is 36.5 Å². The lowest BCUT2D eigenvalue weighted by atomic mass is 10.2. The van der Waals surface area contributed by atoms with E-state index in [4.69, 9.17) is 4.74 Å². The molecule has 0 saturated carbocycles. The number of nitrogens with zero attached hydrogens (tertiary/aromatic N) is 2. The highest BCUT2D eigenvalue weighted by molar-refractivity contribution is 6.03. The number of ether oxygens (including phenoxy) is 1. The van der Waals surface area contributed by atoms with Gasteiger partial charge in [0.15, 0.2) is 0 Å². The molecule has 0 atom stereocenters. The van der Waals surface area contributed by atoms with Crippen molar-refractivity contribution in [3.63, 3.8) is 0 Å². The Labute approximate surface area is 150 Å². The van der Waals surface area contributed by atoms with Crippen molar-refractivity contribution in [2.75, 3.05) is 50.0 Å². The molecule has 0 radical (unpaired) electrons. The maximum Gasteiger partial charge on any atom is 0.274 e. The third-order valence-corrected chi connectivity index (χ3v) is 4.06. The third kappa shape index (κ3) is 4.74. The first-order chi connectivity index (χ1) is 12.6. The van der Waals surface area contributed by atoms with E-state index in [1.807, 2.05) is 0 Å². The van der Waals surface area contributed by atoms with E-state index < -0.39 is 23.2 Å². The zero-order valence-corrected chi connectivity index (χ0v) is 14.2. The third-order valence-electron chi connectivity index (χ3n) is 4.06. The summed E-state index contributed by atoms with van der Waals surface area (Å²) >= 11 is 0. The van der Waals surface area contributed by atoms with Gasteiger partial charge in [0.1, 0.15) is 23.0 Å². The minimum Gasteiger partial charge on any atom is -0.383 e. The standard InChI is InChI=1S/C18H20F2N4O2/c19-14-2-1-3-15(20)17(14)23-18(25)16-5-4-13(12-22-16)21-6-7-24-8-10-26-11-9-24/h1-5,12,21H,6-11H2,(H,23,25). The summed E-state index contributed by atoms with van der Waals surface area (Å²) in [5.74, 6) is -2.34. The van der Waals surface area contributed by atoms with Crippen LogP contribution in [0.5, 0.6) is 0 Å². The molecule has 2 heterocycles. The summed E-state index contributed by atoms with van der Waals surface area (Å²) in [7, 11) is 0. The van der Waals surface area contributed by atoms with Gasteiger partial charge >= 0.3 is 0 Å². The maximum atomic E-state index is 13.6.